The highest BCUT2D eigenvalue weighted by Crippen LogP contribution is 2.60. The fourth-order valence-corrected chi connectivity index (χ4v) is 3.92. The fourth-order valence-electron chi connectivity index (χ4n) is 3.73. The van der Waals surface area contributed by atoms with Crippen LogP contribution in [0.15, 0.2) is 18.5 Å². The monoisotopic (exact) mass is 278 g/mol. The van der Waals surface area contributed by atoms with Crippen LogP contribution in [0.5, 0.6) is 0 Å². The molecule has 3 heteroatoms. The summed E-state index contributed by atoms with van der Waals surface area (Å²) in [7, 11) is 0. The molecule has 104 valence electrons. The number of nitrogens with zero attached hydrogens (tertiary/aromatic N) is 1. The minimum absolute atomic E-state index is 0.419. The predicted molar refractivity (Wildman–Crippen MR) is 79.4 cm³/mol. The lowest BCUT2D eigenvalue weighted by atomic mass is 9.77. The van der Waals surface area contributed by atoms with Gasteiger partial charge in [0, 0.05) is 25.0 Å². The first kappa shape index (κ1) is 13.4. The fraction of sp³-hybridized carbons (Fsp3) is 0.688. The van der Waals surface area contributed by atoms with Gasteiger partial charge in [-0.05, 0) is 54.6 Å². The molecule has 2 unspecified atom stereocenters. The van der Waals surface area contributed by atoms with E-state index in [9.17, 15) is 0 Å². The van der Waals surface area contributed by atoms with Gasteiger partial charge in [0.15, 0.2) is 0 Å². The van der Waals surface area contributed by atoms with E-state index in [0.29, 0.717) is 11.5 Å². The largest absolute Gasteiger partial charge is 0.314 e. The molecule has 1 aromatic heterocycles. The van der Waals surface area contributed by atoms with Gasteiger partial charge in [-0.1, -0.05) is 25.4 Å². The maximum Gasteiger partial charge on any atom is 0.0621 e. The van der Waals surface area contributed by atoms with Gasteiger partial charge in [0.1, 0.15) is 0 Å². The van der Waals surface area contributed by atoms with Gasteiger partial charge in [-0.3, -0.25) is 4.98 Å². The highest BCUT2D eigenvalue weighted by atomic mass is 35.5. The Morgan fingerprint density at radius 1 is 1.42 bits per heavy atom. The summed E-state index contributed by atoms with van der Waals surface area (Å²) in [6.07, 6.45) is 8.94. The van der Waals surface area contributed by atoms with Crippen LogP contribution in [0.25, 0.3) is 0 Å². The first-order chi connectivity index (χ1) is 9.08. The van der Waals surface area contributed by atoms with E-state index in [1.54, 1.807) is 6.20 Å². The summed E-state index contributed by atoms with van der Waals surface area (Å²) in [5.41, 5.74) is 1.69. The van der Waals surface area contributed by atoms with Crippen molar-refractivity contribution in [2.24, 2.45) is 17.3 Å². The van der Waals surface area contributed by atoms with Crippen LogP contribution in [-0.2, 0) is 6.42 Å². The number of aromatic nitrogens is 1. The molecule has 3 rings (SSSR count). The van der Waals surface area contributed by atoms with E-state index >= 15 is 0 Å². The summed E-state index contributed by atoms with van der Waals surface area (Å²) in [5.74, 6) is 1.99. The Labute approximate surface area is 121 Å². The lowest BCUT2D eigenvalue weighted by molar-refractivity contribution is 0.241. The molecule has 0 spiro atoms. The van der Waals surface area contributed by atoms with E-state index in [4.69, 9.17) is 11.6 Å². The molecule has 0 bridgehead atoms. The minimum atomic E-state index is 0.419. The quantitative estimate of drug-likeness (QED) is 0.888. The van der Waals surface area contributed by atoms with Gasteiger partial charge >= 0.3 is 0 Å². The molecular formula is C16H23ClN2. The van der Waals surface area contributed by atoms with Crippen LogP contribution in [0, 0.1) is 17.3 Å². The number of nitrogens with one attached hydrogen (secondary N) is 1. The van der Waals surface area contributed by atoms with Crippen LogP contribution in [0.1, 0.15) is 38.7 Å². The summed E-state index contributed by atoms with van der Waals surface area (Å²) in [5, 5.41) is 4.48. The van der Waals surface area contributed by atoms with Crippen molar-refractivity contribution >= 4 is 11.6 Å². The summed E-state index contributed by atoms with van der Waals surface area (Å²) >= 11 is 6.29. The molecule has 19 heavy (non-hydrogen) atoms. The molecule has 2 nitrogen and oxygen atoms in total. The summed E-state index contributed by atoms with van der Waals surface area (Å²) in [6, 6.07) is 2.64. The van der Waals surface area contributed by atoms with Crippen molar-refractivity contribution in [3.8, 4) is 0 Å². The summed E-state index contributed by atoms with van der Waals surface area (Å²) < 4.78 is 0. The van der Waals surface area contributed by atoms with E-state index in [-0.39, 0.29) is 0 Å². The third kappa shape index (κ3) is 2.95. The average Bonchev–Trinajstić information content (AvgIpc) is 2.99. The van der Waals surface area contributed by atoms with Gasteiger partial charge in [-0.25, -0.2) is 0 Å². The van der Waals surface area contributed by atoms with E-state index in [2.05, 4.69) is 30.2 Å². The van der Waals surface area contributed by atoms with Gasteiger partial charge in [0.05, 0.1) is 5.02 Å². The minimum Gasteiger partial charge on any atom is -0.314 e. The Morgan fingerprint density at radius 2 is 2.16 bits per heavy atom. The molecule has 2 aliphatic rings. The van der Waals surface area contributed by atoms with E-state index in [1.165, 1.54) is 24.8 Å². The Morgan fingerprint density at radius 3 is 2.79 bits per heavy atom. The van der Waals surface area contributed by atoms with Crippen molar-refractivity contribution in [2.75, 3.05) is 6.54 Å². The number of hydrogen-bond acceptors (Lipinski definition) is 2. The van der Waals surface area contributed by atoms with Gasteiger partial charge in [-0.15, -0.1) is 0 Å². The van der Waals surface area contributed by atoms with Gasteiger partial charge in [0.25, 0.3) is 0 Å². The lowest BCUT2D eigenvalue weighted by Crippen LogP contribution is -2.38. The molecule has 2 atom stereocenters. The maximum absolute atomic E-state index is 6.29. The first-order valence-corrected chi connectivity index (χ1v) is 7.78. The van der Waals surface area contributed by atoms with E-state index < -0.39 is 0 Å². The first-order valence-electron chi connectivity index (χ1n) is 7.40. The SMILES string of the molecule is CC(C)NCC1(Cc2ccncc2Cl)CC2CC2C1. The van der Waals surface area contributed by atoms with Crippen LogP contribution in [0.2, 0.25) is 5.02 Å². The highest BCUT2D eigenvalue weighted by Gasteiger charge is 2.53. The molecule has 0 aromatic carbocycles. The third-order valence-corrected chi connectivity index (χ3v) is 5.11. The van der Waals surface area contributed by atoms with E-state index in [0.717, 1.165) is 29.8 Å². The van der Waals surface area contributed by atoms with Gasteiger partial charge in [0.2, 0.25) is 0 Å². The normalized spacial score (nSPS) is 32.6. The van der Waals surface area contributed by atoms with Crippen LogP contribution in [0.4, 0.5) is 0 Å². The Balaban J connectivity index is 1.74. The van der Waals surface area contributed by atoms with Crippen molar-refractivity contribution in [1.29, 1.82) is 0 Å². The highest BCUT2D eigenvalue weighted by molar-refractivity contribution is 6.31. The molecule has 1 heterocycles. The van der Waals surface area contributed by atoms with Crippen molar-refractivity contribution in [1.82, 2.24) is 10.3 Å². The molecule has 1 N–H and O–H groups in total. The summed E-state index contributed by atoms with van der Waals surface area (Å²) in [6.45, 7) is 5.57. The smallest absolute Gasteiger partial charge is 0.0621 e. The predicted octanol–water partition coefficient (Wildman–Crippen LogP) is 3.69. The van der Waals surface area contributed by atoms with Crippen LogP contribution < -0.4 is 5.32 Å². The van der Waals surface area contributed by atoms with Gasteiger partial charge in [-0.2, -0.15) is 0 Å². The number of fused-ring (bicyclic) bond motifs is 1. The zero-order valence-electron chi connectivity index (χ0n) is 11.8. The number of halogens is 1. The van der Waals surface area contributed by atoms with E-state index in [1.807, 2.05) is 6.20 Å². The topological polar surface area (TPSA) is 24.9 Å². The zero-order chi connectivity index (χ0) is 13.5. The van der Waals surface area contributed by atoms with Crippen molar-refractivity contribution < 1.29 is 0 Å². The zero-order valence-corrected chi connectivity index (χ0v) is 12.6. The Bertz CT molecular complexity index is 448. The molecule has 1 aromatic rings. The molecule has 0 amide bonds. The lowest BCUT2D eigenvalue weighted by Gasteiger charge is -2.32. The molecule has 0 saturated heterocycles. The maximum atomic E-state index is 6.29. The molecule has 0 radical (unpaired) electrons. The van der Waals surface area contributed by atoms with Crippen molar-refractivity contribution in [3.05, 3.63) is 29.0 Å². The van der Waals surface area contributed by atoms with Crippen molar-refractivity contribution in [2.45, 2.75) is 45.6 Å². The number of hydrogen-bond donors (Lipinski definition) is 1. The number of rotatable bonds is 5. The molecule has 2 aliphatic carbocycles. The average molecular weight is 279 g/mol. The van der Waals surface area contributed by atoms with Crippen LogP contribution in [0.3, 0.4) is 0 Å². The molecule has 0 aliphatic heterocycles. The second kappa shape index (κ2) is 5.06. The Kier molecular flexibility index (Phi) is 3.57. The molecular weight excluding hydrogens is 256 g/mol. The number of pyridine rings is 1. The molecule has 2 fully saturated rings. The third-order valence-electron chi connectivity index (χ3n) is 4.77. The molecule has 2 saturated carbocycles. The van der Waals surface area contributed by atoms with Crippen LogP contribution in [-0.4, -0.2) is 17.6 Å². The second-order valence-electron chi connectivity index (χ2n) is 6.84. The van der Waals surface area contributed by atoms with Crippen LogP contribution >= 0.6 is 11.6 Å². The van der Waals surface area contributed by atoms with Crippen molar-refractivity contribution in [3.63, 3.8) is 0 Å². The summed E-state index contributed by atoms with van der Waals surface area (Å²) in [4.78, 5) is 4.09. The second-order valence-corrected chi connectivity index (χ2v) is 7.25. The van der Waals surface area contributed by atoms with Gasteiger partial charge < -0.3 is 5.32 Å². The Hall–Kier alpha value is -0.600. The standard InChI is InChI=1S/C16H23ClN2/c1-11(2)19-10-16(7-13-5-14(13)8-16)6-12-3-4-18-9-15(12)17/h3-4,9,11,13-14,19H,5-8,10H2,1-2H3.